The molecule has 0 unspecified atom stereocenters. The highest BCUT2D eigenvalue weighted by atomic mass is 32.2. The van der Waals surface area contributed by atoms with Crippen LogP contribution in [0.5, 0.6) is 0 Å². The van der Waals surface area contributed by atoms with Crippen molar-refractivity contribution in [3.8, 4) is 11.4 Å². The number of carbonyl (C=O) groups is 1. The van der Waals surface area contributed by atoms with Crippen LogP contribution in [0.2, 0.25) is 0 Å². The second-order valence-electron chi connectivity index (χ2n) is 5.78. The van der Waals surface area contributed by atoms with Gasteiger partial charge in [0.2, 0.25) is 5.16 Å². The topological polar surface area (TPSA) is 58.6 Å². The zero-order valence-corrected chi connectivity index (χ0v) is 15.3. The first-order valence-electron chi connectivity index (χ1n) is 8.46. The van der Waals surface area contributed by atoms with Crippen LogP contribution in [0.1, 0.15) is 35.3 Å². The van der Waals surface area contributed by atoms with E-state index in [1.54, 1.807) is 0 Å². The Morgan fingerprint density at radius 3 is 2.16 bits per heavy atom. The molecule has 2 aromatic carbocycles. The standard InChI is InChI=1S/C20H21N3OS/c1-3-14-5-9-16(10-6-14)18(24)13-25-20-21-19(22-23-20)17-11-7-15(4-2)8-12-17/h5-12H,3-4,13H2,1-2H3,(H,21,22,23). The van der Waals surface area contributed by atoms with E-state index in [1.807, 2.05) is 36.4 Å². The second kappa shape index (κ2) is 8.12. The van der Waals surface area contributed by atoms with E-state index in [4.69, 9.17) is 0 Å². The van der Waals surface area contributed by atoms with Crippen LogP contribution >= 0.6 is 11.8 Å². The second-order valence-corrected chi connectivity index (χ2v) is 6.72. The van der Waals surface area contributed by atoms with Crippen LogP contribution in [0.15, 0.2) is 53.7 Å². The number of carbonyl (C=O) groups excluding carboxylic acids is 1. The number of H-pyrrole nitrogens is 1. The van der Waals surface area contributed by atoms with Crippen LogP contribution in [0.25, 0.3) is 11.4 Å². The average Bonchev–Trinajstić information content (AvgIpc) is 3.15. The fourth-order valence-corrected chi connectivity index (χ4v) is 3.17. The van der Waals surface area contributed by atoms with Crippen molar-refractivity contribution in [1.82, 2.24) is 15.2 Å². The van der Waals surface area contributed by atoms with Gasteiger partial charge in [-0.2, -0.15) is 0 Å². The molecule has 3 rings (SSSR count). The van der Waals surface area contributed by atoms with E-state index in [1.165, 1.54) is 22.9 Å². The summed E-state index contributed by atoms with van der Waals surface area (Å²) >= 11 is 1.35. The summed E-state index contributed by atoms with van der Waals surface area (Å²) in [6.45, 7) is 4.23. The maximum Gasteiger partial charge on any atom is 0.209 e. The van der Waals surface area contributed by atoms with E-state index in [2.05, 4.69) is 41.2 Å². The molecule has 1 heterocycles. The third kappa shape index (κ3) is 4.37. The van der Waals surface area contributed by atoms with Gasteiger partial charge in [0.15, 0.2) is 11.6 Å². The molecular weight excluding hydrogens is 330 g/mol. The fourth-order valence-electron chi connectivity index (χ4n) is 2.48. The van der Waals surface area contributed by atoms with Crippen LogP contribution < -0.4 is 0 Å². The maximum atomic E-state index is 12.3. The number of hydrogen-bond donors (Lipinski definition) is 1. The molecule has 0 saturated heterocycles. The van der Waals surface area contributed by atoms with E-state index in [-0.39, 0.29) is 5.78 Å². The molecule has 5 heteroatoms. The van der Waals surface area contributed by atoms with Gasteiger partial charge in [0.1, 0.15) is 0 Å². The molecule has 0 saturated carbocycles. The smallest absolute Gasteiger partial charge is 0.209 e. The van der Waals surface area contributed by atoms with Gasteiger partial charge in [-0.15, -0.1) is 5.10 Å². The van der Waals surface area contributed by atoms with Gasteiger partial charge in [0.05, 0.1) is 5.75 Å². The molecule has 0 bridgehead atoms. The summed E-state index contributed by atoms with van der Waals surface area (Å²) in [6, 6.07) is 16.0. The first-order chi connectivity index (χ1) is 12.2. The minimum absolute atomic E-state index is 0.0892. The molecule has 0 amide bonds. The van der Waals surface area contributed by atoms with Gasteiger partial charge in [-0.1, -0.05) is 74.1 Å². The number of ketones is 1. The van der Waals surface area contributed by atoms with E-state index in [0.717, 1.165) is 29.8 Å². The van der Waals surface area contributed by atoms with Crippen molar-refractivity contribution < 1.29 is 4.79 Å². The molecule has 128 valence electrons. The average molecular weight is 351 g/mol. The van der Waals surface area contributed by atoms with Crippen molar-refractivity contribution in [2.24, 2.45) is 0 Å². The molecule has 0 aliphatic carbocycles. The SMILES string of the molecule is CCc1ccc(C(=O)CSc2n[nH]c(-c3ccc(CC)cc3)n2)cc1. The third-order valence-electron chi connectivity index (χ3n) is 4.12. The van der Waals surface area contributed by atoms with E-state index in [9.17, 15) is 4.79 Å². The van der Waals surface area contributed by atoms with Crippen LogP contribution in [-0.2, 0) is 12.8 Å². The number of aromatic amines is 1. The highest BCUT2D eigenvalue weighted by Gasteiger charge is 2.10. The van der Waals surface area contributed by atoms with Crippen LogP contribution in [0, 0.1) is 0 Å². The fraction of sp³-hybridized carbons (Fsp3) is 0.250. The molecule has 0 spiro atoms. The van der Waals surface area contributed by atoms with E-state index >= 15 is 0 Å². The normalized spacial score (nSPS) is 10.8. The summed E-state index contributed by atoms with van der Waals surface area (Å²) in [5.41, 5.74) is 4.25. The number of Topliss-reactive ketones (excluding diaryl/α,β-unsaturated/α-hetero) is 1. The first kappa shape index (κ1) is 17.4. The lowest BCUT2D eigenvalue weighted by Crippen LogP contribution is -2.02. The molecule has 0 radical (unpaired) electrons. The van der Waals surface area contributed by atoms with E-state index in [0.29, 0.717) is 10.9 Å². The molecule has 0 atom stereocenters. The number of nitrogens with one attached hydrogen (secondary N) is 1. The summed E-state index contributed by atoms with van der Waals surface area (Å²) in [5, 5.41) is 7.74. The first-order valence-corrected chi connectivity index (χ1v) is 9.44. The molecule has 1 N–H and O–H groups in total. The van der Waals surface area contributed by atoms with E-state index < -0.39 is 0 Å². The van der Waals surface area contributed by atoms with Crippen molar-refractivity contribution in [2.75, 3.05) is 5.75 Å². The minimum Gasteiger partial charge on any atom is -0.293 e. The Kier molecular flexibility index (Phi) is 5.66. The minimum atomic E-state index is 0.0892. The number of thioether (sulfide) groups is 1. The van der Waals surface area contributed by atoms with Crippen molar-refractivity contribution in [3.63, 3.8) is 0 Å². The number of rotatable bonds is 7. The van der Waals surface area contributed by atoms with Crippen LogP contribution in [-0.4, -0.2) is 26.7 Å². The zero-order valence-electron chi connectivity index (χ0n) is 14.5. The Bertz CT molecular complexity index is 838. The molecule has 4 nitrogen and oxygen atoms in total. The van der Waals surface area contributed by atoms with Gasteiger partial charge >= 0.3 is 0 Å². The van der Waals surface area contributed by atoms with Gasteiger partial charge in [0.25, 0.3) is 0 Å². The number of benzene rings is 2. The number of aryl methyl sites for hydroxylation is 2. The predicted molar refractivity (Wildman–Crippen MR) is 102 cm³/mol. The number of aromatic nitrogens is 3. The Balaban J connectivity index is 1.61. The molecule has 0 aliphatic heterocycles. The number of nitrogens with zero attached hydrogens (tertiary/aromatic N) is 2. The molecule has 1 aromatic heterocycles. The zero-order chi connectivity index (χ0) is 17.6. The molecule has 25 heavy (non-hydrogen) atoms. The van der Waals surface area contributed by atoms with Crippen molar-refractivity contribution >= 4 is 17.5 Å². The van der Waals surface area contributed by atoms with Gasteiger partial charge in [-0.05, 0) is 24.0 Å². The Morgan fingerprint density at radius 1 is 0.960 bits per heavy atom. The maximum absolute atomic E-state index is 12.3. The Labute approximate surface area is 152 Å². The summed E-state index contributed by atoms with van der Waals surface area (Å²) in [6.07, 6.45) is 1.99. The summed E-state index contributed by atoms with van der Waals surface area (Å²) < 4.78 is 0. The van der Waals surface area contributed by atoms with Gasteiger partial charge in [-0.3, -0.25) is 9.89 Å². The van der Waals surface area contributed by atoms with Crippen LogP contribution in [0.3, 0.4) is 0 Å². The van der Waals surface area contributed by atoms with Crippen molar-refractivity contribution in [2.45, 2.75) is 31.8 Å². The lowest BCUT2D eigenvalue weighted by atomic mass is 10.1. The summed E-state index contributed by atoms with van der Waals surface area (Å²) in [5.74, 6) is 1.15. The molecular formula is C20H21N3OS. The molecule has 0 fully saturated rings. The van der Waals surface area contributed by atoms with Gasteiger partial charge < -0.3 is 0 Å². The monoisotopic (exact) mass is 351 g/mol. The summed E-state index contributed by atoms with van der Waals surface area (Å²) in [7, 11) is 0. The molecule has 3 aromatic rings. The lowest BCUT2D eigenvalue weighted by Gasteiger charge is -2.01. The van der Waals surface area contributed by atoms with Gasteiger partial charge in [0, 0.05) is 11.1 Å². The lowest BCUT2D eigenvalue weighted by molar-refractivity contribution is 0.102. The highest BCUT2D eigenvalue weighted by molar-refractivity contribution is 7.99. The Hall–Kier alpha value is -2.40. The third-order valence-corrected chi connectivity index (χ3v) is 4.96. The summed E-state index contributed by atoms with van der Waals surface area (Å²) in [4.78, 5) is 16.8. The Morgan fingerprint density at radius 2 is 1.56 bits per heavy atom. The van der Waals surface area contributed by atoms with Crippen molar-refractivity contribution in [1.29, 1.82) is 0 Å². The quantitative estimate of drug-likeness (QED) is 0.500. The predicted octanol–water partition coefficient (Wildman–Crippen LogP) is 4.57. The number of hydrogen-bond acceptors (Lipinski definition) is 4. The largest absolute Gasteiger partial charge is 0.293 e. The highest BCUT2D eigenvalue weighted by Crippen LogP contribution is 2.20. The van der Waals surface area contributed by atoms with Crippen molar-refractivity contribution in [3.05, 3.63) is 65.2 Å². The van der Waals surface area contributed by atoms with Crippen LogP contribution in [0.4, 0.5) is 0 Å². The molecule has 0 aliphatic rings. The van der Waals surface area contributed by atoms with Gasteiger partial charge in [-0.25, -0.2) is 4.98 Å².